The molecule has 1 fully saturated rings. The van der Waals surface area contributed by atoms with Gasteiger partial charge in [0.15, 0.2) is 11.5 Å². The van der Waals surface area contributed by atoms with Gasteiger partial charge in [-0.3, -0.25) is 9.59 Å². The number of unbranched alkanes of at least 4 members (excludes halogenated alkanes) is 1. The first-order valence-electron chi connectivity index (χ1n) is 17.1. The van der Waals surface area contributed by atoms with Gasteiger partial charge in [0, 0.05) is 37.8 Å². The van der Waals surface area contributed by atoms with Crippen molar-refractivity contribution in [1.29, 1.82) is 0 Å². The molecule has 0 unspecified atom stereocenters. The minimum Gasteiger partial charge on any atom is -0.454 e. The van der Waals surface area contributed by atoms with Crippen molar-refractivity contribution in [2.24, 2.45) is 5.73 Å². The fourth-order valence-corrected chi connectivity index (χ4v) is 6.65. The van der Waals surface area contributed by atoms with E-state index in [1.54, 1.807) is 18.2 Å². The summed E-state index contributed by atoms with van der Waals surface area (Å²) >= 11 is 0. The first-order valence-corrected chi connectivity index (χ1v) is 17.1. The molecule has 3 N–H and O–H groups in total. The molecule has 1 saturated carbocycles. The van der Waals surface area contributed by atoms with Gasteiger partial charge in [-0.1, -0.05) is 67.9 Å². The average molecular weight is 647 g/mol. The molecule has 0 aromatic heterocycles. The van der Waals surface area contributed by atoms with E-state index in [4.69, 9.17) is 15.2 Å². The number of nitrogens with zero attached hydrogens (tertiary/aromatic N) is 2. The van der Waals surface area contributed by atoms with Gasteiger partial charge < -0.3 is 30.3 Å². The highest BCUT2D eigenvalue weighted by molar-refractivity contribution is 6.06. The molecule has 4 aromatic carbocycles. The Kier molecular flexibility index (Phi) is 10.6. The molecule has 1 aliphatic carbocycles. The van der Waals surface area contributed by atoms with E-state index in [2.05, 4.69) is 59.4 Å². The second-order valence-electron chi connectivity index (χ2n) is 13.0. The van der Waals surface area contributed by atoms with E-state index in [-0.39, 0.29) is 30.7 Å². The van der Waals surface area contributed by atoms with Crippen LogP contribution in [0.15, 0.2) is 91.0 Å². The molecule has 2 amide bonds. The number of nitrogens with one attached hydrogen (secondary N) is 1. The van der Waals surface area contributed by atoms with Crippen LogP contribution in [0, 0.1) is 0 Å². The van der Waals surface area contributed by atoms with Gasteiger partial charge in [-0.05, 0) is 90.8 Å². The maximum absolute atomic E-state index is 13.8. The summed E-state index contributed by atoms with van der Waals surface area (Å²) in [5, 5.41) is 3.18. The van der Waals surface area contributed by atoms with Gasteiger partial charge in [-0.2, -0.15) is 0 Å². The first-order chi connectivity index (χ1) is 23.4. The third-order valence-corrected chi connectivity index (χ3v) is 9.45. The van der Waals surface area contributed by atoms with Gasteiger partial charge in [0.05, 0.1) is 17.8 Å². The molecule has 4 aromatic rings. The smallest absolute Gasteiger partial charge is 0.255 e. The summed E-state index contributed by atoms with van der Waals surface area (Å²) in [7, 11) is 2.06. The van der Waals surface area contributed by atoms with Gasteiger partial charge in [0.1, 0.15) is 0 Å². The second-order valence-corrected chi connectivity index (χ2v) is 13.0. The fourth-order valence-electron chi connectivity index (χ4n) is 6.65. The number of nitrogens with two attached hydrogens (primary N) is 1. The van der Waals surface area contributed by atoms with Gasteiger partial charge in [-0.15, -0.1) is 0 Å². The Balaban J connectivity index is 1.26. The third kappa shape index (κ3) is 8.00. The van der Waals surface area contributed by atoms with Crippen molar-refractivity contribution in [3.8, 4) is 22.6 Å². The lowest BCUT2D eigenvalue weighted by molar-refractivity contribution is -0.134. The lowest BCUT2D eigenvalue weighted by Gasteiger charge is -2.36. The number of carbonyl (C=O) groups excluding carboxylic acids is 2. The lowest BCUT2D eigenvalue weighted by Crippen LogP contribution is -2.44. The zero-order chi connectivity index (χ0) is 33.5. The Labute approximate surface area is 283 Å². The monoisotopic (exact) mass is 646 g/mol. The molecule has 1 aliphatic heterocycles. The predicted molar refractivity (Wildman–Crippen MR) is 192 cm³/mol. The molecular weight excluding hydrogens is 600 g/mol. The Bertz CT molecular complexity index is 1720. The number of fused-ring (bicyclic) bond motifs is 1. The van der Waals surface area contributed by atoms with Crippen LogP contribution in [0.25, 0.3) is 11.1 Å². The van der Waals surface area contributed by atoms with Crippen molar-refractivity contribution in [3.05, 3.63) is 108 Å². The highest BCUT2D eigenvalue weighted by Gasteiger charge is 2.28. The molecule has 1 heterocycles. The van der Waals surface area contributed by atoms with E-state index in [9.17, 15) is 9.59 Å². The number of carbonyl (C=O) groups is 2. The zero-order valence-electron chi connectivity index (χ0n) is 28.0. The molecule has 0 spiro atoms. The summed E-state index contributed by atoms with van der Waals surface area (Å²) in [6, 6.07) is 30.2. The number of benzene rings is 4. The van der Waals surface area contributed by atoms with Crippen LogP contribution in [0.2, 0.25) is 0 Å². The number of amides is 2. The van der Waals surface area contributed by atoms with Gasteiger partial charge in [0.25, 0.3) is 5.91 Å². The fraction of sp³-hybridized carbons (Fsp3) is 0.350. The van der Waals surface area contributed by atoms with Crippen molar-refractivity contribution >= 4 is 23.2 Å². The molecule has 2 aliphatic rings. The van der Waals surface area contributed by atoms with Crippen LogP contribution < -0.4 is 25.4 Å². The number of rotatable bonds is 12. The minimum absolute atomic E-state index is 0.139. The summed E-state index contributed by atoms with van der Waals surface area (Å²) in [6.45, 7) is 3.73. The maximum Gasteiger partial charge on any atom is 0.255 e. The normalized spacial score (nSPS) is 16.7. The van der Waals surface area contributed by atoms with Crippen LogP contribution in [0.3, 0.4) is 0 Å². The van der Waals surface area contributed by atoms with Crippen LogP contribution in [-0.4, -0.2) is 49.2 Å². The van der Waals surface area contributed by atoms with E-state index in [0.717, 1.165) is 78.7 Å². The SMILES string of the molecule is CCCCN(C)c1ccc(-c2cccc(CN(C(=O)Cc3ccccc3)C3CCC(N)CC3)c2)cc1NC(=O)c1ccc2c(c1)OCO2. The second kappa shape index (κ2) is 15.4. The summed E-state index contributed by atoms with van der Waals surface area (Å²) in [4.78, 5) is 31.6. The van der Waals surface area contributed by atoms with Crippen molar-refractivity contribution in [2.45, 2.75) is 70.5 Å². The highest BCUT2D eigenvalue weighted by Crippen LogP contribution is 2.35. The standard InChI is InChI=1S/C40H46N4O4/c1-3-4-21-43(2)36-19-13-31(24-35(36)42-40(46)32-14-20-37-38(25-32)48-27-47-37)30-12-8-11-29(22-30)26-44(34-17-15-33(41)16-18-34)39(45)23-28-9-6-5-7-10-28/h5-14,19-20,22,24-25,33-34H,3-4,15-18,21,23,26-27,41H2,1-2H3,(H,42,46). The Hall–Kier alpha value is -4.82. The van der Waals surface area contributed by atoms with Crippen molar-refractivity contribution < 1.29 is 19.1 Å². The molecule has 6 rings (SSSR count). The highest BCUT2D eigenvalue weighted by atomic mass is 16.7. The summed E-state index contributed by atoms with van der Waals surface area (Å²) in [5.41, 5.74) is 12.5. The van der Waals surface area contributed by atoms with Crippen molar-refractivity contribution in [1.82, 2.24) is 4.90 Å². The molecule has 250 valence electrons. The third-order valence-electron chi connectivity index (χ3n) is 9.45. The van der Waals surface area contributed by atoms with E-state index in [1.807, 2.05) is 42.5 Å². The zero-order valence-corrected chi connectivity index (χ0v) is 28.0. The van der Waals surface area contributed by atoms with Crippen molar-refractivity contribution in [2.75, 3.05) is 30.6 Å². The topological polar surface area (TPSA) is 97.1 Å². The Morgan fingerprint density at radius 3 is 2.38 bits per heavy atom. The first kappa shape index (κ1) is 33.1. The molecule has 0 saturated heterocycles. The summed E-state index contributed by atoms with van der Waals surface area (Å²) in [5.74, 6) is 1.13. The lowest BCUT2D eigenvalue weighted by atomic mass is 9.90. The minimum atomic E-state index is -0.218. The number of hydrogen-bond acceptors (Lipinski definition) is 6. The molecule has 0 bridgehead atoms. The number of anilines is 2. The average Bonchev–Trinajstić information content (AvgIpc) is 3.59. The van der Waals surface area contributed by atoms with Crippen LogP contribution in [0.5, 0.6) is 11.5 Å². The molecule has 0 radical (unpaired) electrons. The largest absolute Gasteiger partial charge is 0.454 e. The van der Waals surface area contributed by atoms with Gasteiger partial charge in [-0.25, -0.2) is 0 Å². The van der Waals surface area contributed by atoms with Crippen molar-refractivity contribution in [3.63, 3.8) is 0 Å². The molecule has 0 atom stereocenters. The number of hydrogen-bond donors (Lipinski definition) is 2. The van der Waals surface area contributed by atoms with Crippen LogP contribution in [0.4, 0.5) is 11.4 Å². The molecule has 8 nitrogen and oxygen atoms in total. The summed E-state index contributed by atoms with van der Waals surface area (Å²) < 4.78 is 10.9. The van der Waals surface area contributed by atoms with E-state index >= 15 is 0 Å². The van der Waals surface area contributed by atoms with Crippen LogP contribution in [0.1, 0.15) is 66.9 Å². The quantitative estimate of drug-likeness (QED) is 0.166. The maximum atomic E-state index is 13.8. The van der Waals surface area contributed by atoms with Crippen LogP contribution >= 0.6 is 0 Å². The molecule has 48 heavy (non-hydrogen) atoms. The number of ether oxygens (including phenoxy) is 2. The van der Waals surface area contributed by atoms with E-state index in [1.165, 1.54) is 0 Å². The predicted octanol–water partition coefficient (Wildman–Crippen LogP) is 7.41. The van der Waals surface area contributed by atoms with E-state index in [0.29, 0.717) is 30.0 Å². The van der Waals surface area contributed by atoms with Gasteiger partial charge >= 0.3 is 0 Å². The van der Waals surface area contributed by atoms with Gasteiger partial charge in [0.2, 0.25) is 12.7 Å². The van der Waals surface area contributed by atoms with E-state index < -0.39 is 0 Å². The van der Waals surface area contributed by atoms with Crippen LogP contribution in [-0.2, 0) is 17.8 Å². The Morgan fingerprint density at radius 2 is 1.58 bits per heavy atom. The molecular formula is C40H46N4O4. The Morgan fingerprint density at radius 1 is 0.833 bits per heavy atom. The summed E-state index contributed by atoms with van der Waals surface area (Å²) in [6.07, 6.45) is 6.19. The molecule has 8 heteroatoms.